The molecule has 4 rings (SSSR count). The van der Waals surface area contributed by atoms with Crippen LogP contribution in [0.2, 0.25) is 0 Å². The third-order valence-corrected chi connectivity index (χ3v) is 5.06. The third kappa shape index (κ3) is 3.89. The molecule has 9 heteroatoms. The molecule has 1 N–H and O–H groups in total. The number of hydrogen-bond acceptors (Lipinski definition) is 5. The summed E-state index contributed by atoms with van der Waals surface area (Å²) < 4.78 is 17.3. The topological polar surface area (TPSA) is 86.2 Å². The Labute approximate surface area is 176 Å². The first-order valence-corrected chi connectivity index (χ1v) is 9.61. The molecule has 8 nitrogen and oxygen atoms in total. The predicted octanol–water partition coefficient (Wildman–Crippen LogP) is 2.38. The summed E-state index contributed by atoms with van der Waals surface area (Å²) in [5.74, 6) is -0.0559. The second kappa shape index (κ2) is 8.02. The molecule has 2 heterocycles. The normalized spacial score (nSPS) is 11.5. The molecule has 0 bridgehead atoms. The van der Waals surface area contributed by atoms with Crippen LogP contribution in [0.4, 0.5) is 10.3 Å². The highest BCUT2D eigenvalue weighted by molar-refractivity contribution is 5.80. The molecule has 0 fully saturated rings. The average Bonchev–Trinajstić information content (AvgIpc) is 3.12. The van der Waals surface area contributed by atoms with Crippen molar-refractivity contribution in [3.8, 4) is 0 Å². The Morgan fingerprint density at radius 1 is 1.03 bits per heavy atom. The zero-order chi connectivity index (χ0) is 22.1. The Kier molecular flexibility index (Phi) is 5.24. The van der Waals surface area contributed by atoms with Crippen LogP contribution in [0.1, 0.15) is 16.7 Å². The number of hydrogen-bond donors (Lipinski definition) is 1. The Morgan fingerprint density at radius 2 is 1.71 bits per heavy atom. The predicted molar refractivity (Wildman–Crippen MR) is 118 cm³/mol. The minimum absolute atomic E-state index is 0.239. The van der Waals surface area contributed by atoms with Crippen LogP contribution < -0.4 is 16.7 Å². The lowest BCUT2D eigenvalue weighted by Crippen LogP contribution is -2.37. The molecule has 0 radical (unpaired) electrons. The van der Waals surface area contributed by atoms with E-state index in [1.165, 1.54) is 23.7 Å². The molecule has 0 aliphatic carbocycles. The van der Waals surface area contributed by atoms with E-state index in [0.717, 1.165) is 21.3 Å². The molecule has 31 heavy (non-hydrogen) atoms. The number of nitrogens with zero attached hydrogens (tertiary/aromatic N) is 5. The molecule has 158 valence electrons. The Bertz CT molecular complexity index is 1400. The maximum atomic E-state index is 13.3. The van der Waals surface area contributed by atoms with E-state index in [1.54, 1.807) is 30.0 Å². The Balaban J connectivity index is 1.80. The first-order chi connectivity index (χ1) is 14.8. The van der Waals surface area contributed by atoms with Crippen LogP contribution in [0.15, 0.2) is 63.2 Å². The van der Waals surface area contributed by atoms with Crippen molar-refractivity contribution < 1.29 is 4.39 Å². The number of aryl methyl sites for hydroxylation is 2. The number of benzene rings is 2. The standard InChI is InChI=1S/C22H21FN6O2/c1-14-4-6-15(7-5-14)12-24-26-21-25-19-18(20(30)28(3)22(31)27(19)2)29(21)13-16-8-10-17(23)11-9-16/h4-12H,13H2,1-3H3,(H,25,26)/b24-12+. The molecule has 4 aromatic rings. The number of halogens is 1. The minimum atomic E-state index is -0.473. The number of anilines is 1. The molecular formula is C22H21FN6O2. The maximum Gasteiger partial charge on any atom is 0.332 e. The van der Waals surface area contributed by atoms with Crippen molar-refractivity contribution in [1.29, 1.82) is 0 Å². The monoisotopic (exact) mass is 420 g/mol. The molecular weight excluding hydrogens is 399 g/mol. The molecule has 0 aliphatic heterocycles. The summed E-state index contributed by atoms with van der Waals surface area (Å²) in [4.78, 5) is 29.6. The number of imidazole rings is 1. The maximum absolute atomic E-state index is 13.3. The van der Waals surface area contributed by atoms with Gasteiger partial charge in [-0.05, 0) is 30.2 Å². The fraction of sp³-hybridized carbons (Fsp3) is 0.182. The lowest BCUT2D eigenvalue weighted by Gasteiger charge is -2.09. The van der Waals surface area contributed by atoms with Gasteiger partial charge < -0.3 is 0 Å². The summed E-state index contributed by atoms with van der Waals surface area (Å²) in [5.41, 5.74) is 5.22. The highest BCUT2D eigenvalue weighted by atomic mass is 19.1. The SMILES string of the molecule is Cc1ccc(/C=N/Nc2nc3c(c(=O)n(C)c(=O)n3C)n2Cc2ccc(F)cc2)cc1. The highest BCUT2D eigenvalue weighted by Gasteiger charge is 2.19. The van der Waals surface area contributed by atoms with Crippen LogP contribution in [0.5, 0.6) is 0 Å². The second-order valence-electron chi connectivity index (χ2n) is 7.31. The lowest BCUT2D eigenvalue weighted by molar-refractivity contribution is 0.626. The second-order valence-corrected chi connectivity index (χ2v) is 7.31. The van der Waals surface area contributed by atoms with E-state index in [-0.39, 0.29) is 23.5 Å². The molecule has 0 unspecified atom stereocenters. The molecule has 0 spiro atoms. The zero-order valence-electron chi connectivity index (χ0n) is 17.3. The van der Waals surface area contributed by atoms with Gasteiger partial charge >= 0.3 is 5.69 Å². The van der Waals surface area contributed by atoms with Crippen LogP contribution in [-0.4, -0.2) is 24.9 Å². The van der Waals surface area contributed by atoms with E-state index in [2.05, 4.69) is 15.5 Å². The molecule has 0 atom stereocenters. The average molecular weight is 420 g/mol. The molecule has 2 aromatic heterocycles. The number of nitrogens with one attached hydrogen (secondary N) is 1. The van der Waals surface area contributed by atoms with Gasteiger partial charge in [0.15, 0.2) is 11.2 Å². The third-order valence-electron chi connectivity index (χ3n) is 5.06. The van der Waals surface area contributed by atoms with Gasteiger partial charge in [0.05, 0.1) is 12.8 Å². The summed E-state index contributed by atoms with van der Waals surface area (Å²) in [6, 6.07) is 13.8. The van der Waals surface area contributed by atoms with E-state index in [4.69, 9.17) is 0 Å². The van der Waals surface area contributed by atoms with E-state index in [0.29, 0.717) is 5.95 Å². The smallest absolute Gasteiger partial charge is 0.298 e. The molecule has 0 saturated carbocycles. The van der Waals surface area contributed by atoms with Gasteiger partial charge in [0.2, 0.25) is 5.95 Å². The largest absolute Gasteiger partial charge is 0.332 e. The first kappa shape index (κ1) is 20.3. The van der Waals surface area contributed by atoms with Gasteiger partial charge in [-0.15, -0.1) is 0 Å². The fourth-order valence-corrected chi connectivity index (χ4v) is 3.28. The Morgan fingerprint density at radius 3 is 2.39 bits per heavy atom. The fourth-order valence-electron chi connectivity index (χ4n) is 3.28. The number of rotatable bonds is 5. The van der Waals surface area contributed by atoms with Crippen molar-refractivity contribution >= 4 is 23.3 Å². The first-order valence-electron chi connectivity index (χ1n) is 9.61. The van der Waals surface area contributed by atoms with Crippen molar-refractivity contribution in [3.05, 3.63) is 91.9 Å². The molecule has 0 aliphatic rings. The van der Waals surface area contributed by atoms with Gasteiger partial charge in [-0.2, -0.15) is 10.1 Å². The minimum Gasteiger partial charge on any atom is -0.298 e. The number of fused-ring (bicyclic) bond motifs is 1. The summed E-state index contributed by atoms with van der Waals surface area (Å²) in [7, 11) is 2.97. The van der Waals surface area contributed by atoms with Crippen molar-refractivity contribution in [2.75, 3.05) is 5.43 Å². The van der Waals surface area contributed by atoms with Crippen molar-refractivity contribution in [2.45, 2.75) is 13.5 Å². The zero-order valence-corrected chi connectivity index (χ0v) is 17.3. The van der Waals surface area contributed by atoms with Gasteiger partial charge in [0, 0.05) is 14.1 Å². The van der Waals surface area contributed by atoms with Crippen molar-refractivity contribution in [3.63, 3.8) is 0 Å². The highest BCUT2D eigenvalue weighted by Crippen LogP contribution is 2.18. The quantitative estimate of drug-likeness (QED) is 0.397. The number of hydrazone groups is 1. The van der Waals surface area contributed by atoms with Crippen LogP contribution in [0.25, 0.3) is 11.2 Å². The summed E-state index contributed by atoms with van der Waals surface area (Å²) in [6.07, 6.45) is 1.64. The van der Waals surface area contributed by atoms with Gasteiger partial charge in [-0.1, -0.05) is 42.0 Å². The van der Waals surface area contributed by atoms with E-state index < -0.39 is 11.2 Å². The van der Waals surface area contributed by atoms with Crippen molar-refractivity contribution in [2.24, 2.45) is 19.2 Å². The van der Waals surface area contributed by atoms with Crippen molar-refractivity contribution in [1.82, 2.24) is 18.7 Å². The van der Waals surface area contributed by atoms with E-state index >= 15 is 0 Å². The van der Waals surface area contributed by atoms with Crippen LogP contribution in [-0.2, 0) is 20.6 Å². The summed E-state index contributed by atoms with van der Waals surface area (Å²) >= 11 is 0. The Hall–Kier alpha value is -4.01. The van der Waals surface area contributed by atoms with E-state index in [1.807, 2.05) is 31.2 Å². The lowest BCUT2D eigenvalue weighted by atomic mass is 10.2. The van der Waals surface area contributed by atoms with Gasteiger partial charge in [-0.3, -0.25) is 18.5 Å². The van der Waals surface area contributed by atoms with Gasteiger partial charge in [-0.25, -0.2) is 14.6 Å². The van der Waals surface area contributed by atoms with E-state index in [9.17, 15) is 14.0 Å². The van der Waals surface area contributed by atoms with Gasteiger partial charge in [0.25, 0.3) is 5.56 Å². The summed E-state index contributed by atoms with van der Waals surface area (Å²) in [6.45, 7) is 2.24. The van der Waals surface area contributed by atoms with Crippen LogP contribution >= 0.6 is 0 Å². The molecule has 0 saturated heterocycles. The van der Waals surface area contributed by atoms with Crippen LogP contribution in [0.3, 0.4) is 0 Å². The van der Waals surface area contributed by atoms with Gasteiger partial charge in [0.1, 0.15) is 5.82 Å². The number of aromatic nitrogens is 4. The molecule has 2 aromatic carbocycles. The molecule has 0 amide bonds. The summed E-state index contributed by atoms with van der Waals surface area (Å²) in [5, 5.41) is 4.24. The van der Waals surface area contributed by atoms with Crippen LogP contribution in [0, 0.1) is 12.7 Å².